The molecule has 0 radical (unpaired) electrons. The lowest BCUT2D eigenvalue weighted by atomic mass is 10.1. The SMILES string of the molecule is CC1CN(C(=O)c2cccc(NC(=O)c3cccnc3N(C)C)c2)CCO1. The lowest BCUT2D eigenvalue weighted by molar-refractivity contribution is -0.0124. The summed E-state index contributed by atoms with van der Waals surface area (Å²) in [6.07, 6.45) is 1.68. The second-order valence-corrected chi connectivity index (χ2v) is 6.74. The molecule has 1 unspecified atom stereocenters. The number of morpholine rings is 1. The molecule has 1 N–H and O–H groups in total. The van der Waals surface area contributed by atoms with Crippen LogP contribution in [0, 0.1) is 0 Å². The molecule has 1 aliphatic rings. The standard InChI is InChI=1S/C20H24N4O3/c1-14-13-24(10-11-27-14)20(26)15-6-4-7-16(12-15)22-19(25)17-8-5-9-21-18(17)23(2)3/h4-9,12,14H,10-11,13H2,1-3H3,(H,22,25). The van der Waals surface area contributed by atoms with Crippen molar-refractivity contribution in [1.82, 2.24) is 9.88 Å². The topological polar surface area (TPSA) is 74.8 Å². The quantitative estimate of drug-likeness (QED) is 0.896. The zero-order chi connectivity index (χ0) is 19.4. The van der Waals surface area contributed by atoms with Crippen LogP contribution < -0.4 is 10.2 Å². The van der Waals surface area contributed by atoms with E-state index in [4.69, 9.17) is 4.74 Å². The van der Waals surface area contributed by atoms with E-state index in [-0.39, 0.29) is 17.9 Å². The average molecular weight is 368 g/mol. The average Bonchev–Trinajstić information content (AvgIpc) is 2.67. The summed E-state index contributed by atoms with van der Waals surface area (Å²) in [5, 5.41) is 2.86. The highest BCUT2D eigenvalue weighted by Crippen LogP contribution is 2.19. The minimum absolute atomic E-state index is 0.0284. The van der Waals surface area contributed by atoms with Crippen molar-refractivity contribution in [1.29, 1.82) is 0 Å². The number of nitrogens with zero attached hydrogens (tertiary/aromatic N) is 3. The van der Waals surface area contributed by atoms with Crippen LogP contribution in [-0.4, -0.2) is 61.6 Å². The summed E-state index contributed by atoms with van der Waals surface area (Å²) in [5.74, 6) is 0.262. The first-order chi connectivity index (χ1) is 13.0. The maximum Gasteiger partial charge on any atom is 0.259 e. The number of amides is 2. The monoisotopic (exact) mass is 368 g/mol. The van der Waals surface area contributed by atoms with Crippen molar-refractivity contribution in [2.45, 2.75) is 13.0 Å². The van der Waals surface area contributed by atoms with Crippen molar-refractivity contribution in [2.75, 3.05) is 44.0 Å². The normalized spacial score (nSPS) is 16.7. The summed E-state index contributed by atoms with van der Waals surface area (Å²) >= 11 is 0. The predicted molar refractivity (Wildman–Crippen MR) is 104 cm³/mol. The highest BCUT2D eigenvalue weighted by atomic mass is 16.5. The molecule has 1 aromatic carbocycles. The summed E-state index contributed by atoms with van der Waals surface area (Å²) in [6, 6.07) is 10.4. The third-order valence-corrected chi connectivity index (χ3v) is 4.35. The van der Waals surface area contributed by atoms with Crippen molar-refractivity contribution in [3.05, 3.63) is 53.7 Å². The number of benzene rings is 1. The maximum atomic E-state index is 12.7. The number of carbonyl (C=O) groups is 2. The van der Waals surface area contributed by atoms with E-state index < -0.39 is 0 Å². The molecule has 1 aliphatic heterocycles. The molecule has 142 valence electrons. The number of rotatable bonds is 4. The van der Waals surface area contributed by atoms with Crippen LogP contribution in [0.15, 0.2) is 42.6 Å². The molecular weight excluding hydrogens is 344 g/mol. The molecule has 27 heavy (non-hydrogen) atoms. The third kappa shape index (κ3) is 4.43. The Labute approximate surface area is 158 Å². The van der Waals surface area contributed by atoms with Crippen LogP contribution in [0.4, 0.5) is 11.5 Å². The third-order valence-electron chi connectivity index (χ3n) is 4.35. The number of aromatic nitrogens is 1. The van der Waals surface area contributed by atoms with Crippen molar-refractivity contribution in [2.24, 2.45) is 0 Å². The summed E-state index contributed by atoms with van der Waals surface area (Å²) < 4.78 is 5.49. The molecule has 7 nitrogen and oxygen atoms in total. The summed E-state index contributed by atoms with van der Waals surface area (Å²) in [6.45, 7) is 3.63. The van der Waals surface area contributed by atoms with Gasteiger partial charge in [0.1, 0.15) is 5.82 Å². The second kappa shape index (κ2) is 8.18. The Kier molecular flexibility index (Phi) is 5.71. The Morgan fingerprint density at radius 2 is 2.07 bits per heavy atom. The van der Waals surface area contributed by atoms with E-state index in [0.717, 1.165) is 0 Å². The Morgan fingerprint density at radius 1 is 1.26 bits per heavy atom. The summed E-state index contributed by atoms with van der Waals surface area (Å²) in [7, 11) is 3.67. The molecular formula is C20H24N4O3. The number of nitrogens with one attached hydrogen (secondary N) is 1. The van der Waals surface area contributed by atoms with Gasteiger partial charge in [-0.15, -0.1) is 0 Å². The van der Waals surface area contributed by atoms with Crippen molar-refractivity contribution < 1.29 is 14.3 Å². The van der Waals surface area contributed by atoms with Crippen molar-refractivity contribution in [3.63, 3.8) is 0 Å². The highest BCUT2D eigenvalue weighted by molar-refractivity contribution is 6.08. The molecule has 0 spiro atoms. The lowest BCUT2D eigenvalue weighted by Gasteiger charge is -2.31. The van der Waals surface area contributed by atoms with E-state index in [1.54, 1.807) is 52.4 Å². The van der Waals surface area contributed by atoms with Gasteiger partial charge in [-0.3, -0.25) is 9.59 Å². The fourth-order valence-electron chi connectivity index (χ4n) is 3.04. The number of anilines is 2. The molecule has 0 aliphatic carbocycles. The molecule has 1 atom stereocenters. The zero-order valence-electron chi connectivity index (χ0n) is 15.8. The van der Waals surface area contributed by atoms with Crippen LogP contribution >= 0.6 is 0 Å². The van der Waals surface area contributed by atoms with Crippen LogP contribution in [0.1, 0.15) is 27.6 Å². The van der Waals surface area contributed by atoms with Crippen molar-refractivity contribution in [3.8, 4) is 0 Å². The van der Waals surface area contributed by atoms with Gasteiger partial charge in [-0.2, -0.15) is 0 Å². The molecule has 7 heteroatoms. The second-order valence-electron chi connectivity index (χ2n) is 6.74. The van der Waals surface area contributed by atoms with Crippen LogP contribution in [0.2, 0.25) is 0 Å². The molecule has 1 saturated heterocycles. The number of carbonyl (C=O) groups excluding carboxylic acids is 2. The number of hydrogen-bond acceptors (Lipinski definition) is 5. The molecule has 1 aromatic heterocycles. The molecule has 0 saturated carbocycles. The van der Waals surface area contributed by atoms with E-state index in [1.807, 2.05) is 21.0 Å². The van der Waals surface area contributed by atoms with Crippen LogP contribution in [0.5, 0.6) is 0 Å². The first-order valence-corrected chi connectivity index (χ1v) is 8.90. The minimum Gasteiger partial charge on any atom is -0.375 e. The first kappa shape index (κ1) is 18.8. The van der Waals surface area contributed by atoms with Crippen LogP contribution in [0.25, 0.3) is 0 Å². The molecule has 1 fully saturated rings. The molecule has 2 amide bonds. The Balaban J connectivity index is 1.76. The molecule has 2 heterocycles. The van der Waals surface area contributed by atoms with Gasteiger partial charge in [-0.05, 0) is 37.3 Å². The first-order valence-electron chi connectivity index (χ1n) is 8.90. The van der Waals surface area contributed by atoms with E-state index in [9.17, 15) is 9.59 Å². The smallest absolute Gasteiger partial charge is 0.259 e. The van der Waals surface area contributed by atoms with Gasteiger partial charge >= 0.3 is 0 Å². The van der Waals surface area contributed by atoms with Gasteiger partial charge < -0.3 is 19.9 Å². The fourth-order valence-corrected chi connectivity index (χ4v) is 3.04. The predicted octanol–water partition coefficient (Wildman–Crippen LogP) is 2.26. The fraction of sp³-hybridized carbons (Fsp3) is 0.350. The number of hydrogen-bond donors (Lipinski definition) is 1. The van der Waals surface area contributed by atoms with Crippen LogP contribution in [0.3, 0.4) is 0 Å². The van der Waals surface area contributed by atoms with Gasteiger partial charge in [0, 0.05) is 44.6 Å². The summed E-state index contributed by atoms with van der Waals surface area (Å²) in [5.41, 5.74) is 1.59. The van der Waals surface area contributed by atoms with E-state index in [0.29, 0.717) is 42.3 Å². The number of ether oxygens (including phenoxy) is 1. The maximum absolute atomic E-state index is 12.7. The highest BCUT2D eigenvalue weighted by Gasteiger charge is 2.23. The van der Waals surface area contributed by atoms with E-state index in [1.165, 1.54) is 0 Å². The largest absolute Gasteiger partial charge is 0.375 e. The zero-order valence-corrected chi connectivity index (χ0v) is 15.8. The van der Waals surface area contributed by atoms with E-state index in [2.05, 4.69) is 10.3 Å². The minimum atomic E-state index is -0.267. The van der Waals surface area contributed by atoms with Crippen molar-refractivity contribution >= 4 is 23.3 Å². The Morgan fingerprint density at radius 3 is 2.81 bits per heavy atom. The van der Waals surface area contributed by atoms with E-state index >= 15 is 0 Å². The molecule has 3 rings (SSSR count). The van der Waals surface area contributed by atoms with Crippen LogP contribution in [-0.2, 0) is 4.74 Å². The Bertz CT molecular complexity index is 837. The molecule has 2 aromatic rings. The summed E-state index contributed by atoms with van der Waals surface area (Å²) in [4.78, 5) is 33.2. The van der Waals surface area contributed by atoms with Gasteiger partial charge in [0.25, 0.3) is 11.8 Å². The van der Waals surface area contributed by atoms with Gasteiger partial charge in [-0.1, -0.05) is 6.07 Å². The lowest BCUT2D eigenvalue weighted by Crippen LogP contribution is -2.44. The Hall–Kier alpha value is -2.93. The van der Waals surface area contributed by atoms with Gasteiger partial charge in [0.15, 0.2) is 0 Å². The number of pyridine rings is 1. The van der Waals surface area contributed by atoms with Gasteiger partial charge in [0.2, 0.25) is 0 Å². The van der Waals surface area contributed by atoms with Gasteiger partial charge in [0.05, 0.1) is 18.3 Å². The van der Waals surface area contributed by atoms with Gasteiger partial charge in [-0.25, -0.2) is 4.98 Å². The molecule has 0 bridgehead atoms.